The molecule has 2 aromatic heterocycles. The van der Waals surface area contributed by atoms with E-state index in [0.29, 0.717) is 12.4 Å². The van der Waals surface area contributed by atoms with Gasteiger partial charge in [-0.1, -0.05) is 6.92 Å². The molecule has 132 valence electrons. The Hall–Kier alpha value is -2.28. The lowest BCUT2D eigenvalue weighted by molar-refractivity contribution is 0.0228. The third-order valence-corrected chi connectivity index (χ3v) is 5.01. The van der Waals surface area contributed by atoms with Gasteiger partial charge in [0.15, 0.2) is 11.6 Å². The fourth-order valence-corrected chi connectivity index (χ4v) is 3.62. The minimum Gasteiger partial charge on any atom is -0.371 e. The normalized spacial score (nSPS) is 25.7. The molecule has 2 atom stereocenters. The van der Waals surface area contributed by atoms with Gasteiger partial charge in [-0.25, -0.2) is 19.3 Å². The summed E-state index contributed by atoms with van der Waals surface area (Å²) in [6.45, 7) is 4.28. The monoisotopic (exact) mass is 343 g/mol. The summed E-state index contributed by atoms with van der Waals surface area (Å²) in [5.74, 6) is 0.715. The largest absolute Gasteiger partial charge is 0.371 e. The van der Waals surface area contributed by atoms with Gasteiger partial charge in [0.1, 0.15) is 0 Å². The summed E-state index contributed by atoms with van der Waals surface area (Å²) >= 11 is 0. The van der Waals surface area contributed by atoms with Crippen LogP contribution in [0.1, 0.15) is 25.3 Å². The van der Waals surface area contributed by atoms with Crippen LogP contribution in [0, 0.1) is 5.82 Å². The van der Waals surface area contributed by atoms with Gasteiger partial charge in [-0.2, -0.15) is 0 Å². The molecule has 0 aliphatic carbocycles. The highest BCUT2D eigenvalue weighted by molar-refractivity contribution is 5.38. The van der Waals surface area contributed by atoms with Gasteiger partial charge < -0.3 is 15.0 Å². The minimum absolute atomic E-state index is 0.0627. The first-order chi connectivity index (χ1) is 12.2. The van der Waals surface area contributed by atoms with Crippen molar-refractivity contribution in [2.24, 2.45) is 0 Å². The van der Waals surface area contributed by atoms with Gasteiger partial charge in [-0.3, -0.25) is 0 Å². The molecule has 2 fully saturated rings. The summed E-state index contributed by atoms with van der Waals surface area (Å²) in [5.41, 5.74) is 0.923. The smallest absolute Gasteiger partial charge is 0.225 e. The van der Waals surface area contributed by atoms with E-state index in [1.165, 1.54) is 6.07 Å². The Balaban J connectivity index is 1.40. The van der Waals surface area contributed by atoms with Gasteiger partial charge in [0.25, 0.3) is 0 Å². The standard InChI is InChI=1S/C18H22FN5O/c1-2-13-9-21-17(22-10-13)24-7-5-18(12-24)8-14(11-25-18)23-16-15(19)4-3-6-20-16/h3-4,6,9-10,14H,2,5,7-8,11-12H2,1H3,(H,20,23)/t14-,18-/m1/s1. The molecular formula is C18H22FN5O. The number of aryl methyl sites for hydroxylation is 1. The van der Waals surface area contributed by atoms with Crippen LogP contribution in [0.5, 0.6) is 0 Å². The van der Waals surface area contributed by atoms with E-state index in [1.54, 1.807) is 12.3 Å². The van der Waals surface area contributed by atoms with Gasteiger partial charge in [0, 0.05) is 31.6 Å². The molecule has 2 aliphatic heterocycles. The number of halogens is 1. The van der Waals surface area contributed by atoms with Crippen molar-refractivity contribution in [3.05, 3.63) is 42.1 Å². The lowest BCUT2D eigenvalue weighted by Crippen LogP contribution is -2.34. The fraction of sp³-hybridized carbons (Fsp3) is 0.500. The molecule has 2 saturated heterocycles. The summed E-state index contributed by atoms with van der Waals surface area (Å²) in [5, 5.41) is 3.17. The number of hydrogen-bond acceptors (Lipinski definition) is 6. The number of pyridine rings is 1. The second-order valence-corrected chi connectivity index (χ2v) is 6.79. The number of nitrogens with one attached hydrogen (secondary N) is 1. The van der Waals surface area contributed by atoms with E-state index in [-0.39, 0.29) is 17.5 Å². The minimum atomic E-state index is -0.332. The fourth-order valence-electron chi connectivity index (χ4n) is 3.62. The number of ether oxygens (including phenoxy) is 1. The van der Waals surface area contributed by atoms with E-state index in [4.69, 9.17) is 4.74 Å². The quantitative estimate of drug-likeness (QED) is 0.920. The van der Waals surface area contributed by atoms with Crippen molar-refractivity contribution >= 4 is 11.8 Å². The Morgan fingerprint density at radius 1 is 1.36 bits per heavy atom. The second-order valence-electron chi connectivity index (χ2n) is 6.79. The van der Waals surface area contributed by atoms with Gasteiger partial charge >= 0.3 is 0 Å². The number of hydrogen-bond donors (Lipinski definition) is 1. The summed E-state index contributed by atoms with van der Waals surface area (Å²) in [6.07, 6.45) is 8.05. The summed E-state index contributed by atoms with van der Waals surface area (Å²) in [7, 11) is 0. The number of rotatable bonds is 4. The highest BCUT2D eigenvalue weighted by atomic mass is 19.1. The maximum Gasteiger partial charge on any atom is 0.225 e. The van der Waals surface area contributed by atoms with E-state index in [1.807, 2.05) is 12.4 Å². The first-order valence-electron chi connectivity index (χ1n) is 8.74. The summed E-state index contributed by atoms with van der Waals surface area (Å²) < 4.78 is 19.9. The molecule has 1 spiro atoms. The van der Waals surface area contributed by atoms with Crippen LogP contribution in [0.3, 0.4) is 0 Å². The van der Waals surface area contributed by atoms with Crippen LogP contribution in [0.15, 0.2) is 30.7 Å². The van der Waals surface area contributed by atoms with Gasteiger partial charge in [-0.05, 0) is 30.5 Å². The lowest BCUT2D eigenvalue weighted by atomic mass is 9.97. The first kappa shape index (κ1) is 16.2. The SMILES string of the molecule is CCc1cnc(N2CC[C@@]3(C[C@@H](Nc4ncccc4F)CO3)C2)nc1. The number of aromatic nitrogens is 3. The molecule has 2 aliphatic rings. The van der Waals surface area contributed by atoms with Crippen molar-refractivity contribution in [1.82, 2.24) is 15.0 Å². The molecule has 0 aromatic carbocycles. The van der Waals surface area contributed by atoms with E-state index < -0.39 is 0 Å². The summed E-state index contributed by atoms with van der Waals surface area (Å²) in [6, 6.07) is 3.06. The average Bonchev–Trinajstić information content (AvgIpc) is 3.24. The number of anilines is 2. The zero-order chi connectivity index (χ0) is 17.3. The molecule has 0 radical (unpaired) electrons. The van der Waals surface area contributed by atoms with Crippen LogP contribution in [0.2, 0.25) is 0 Å². The summed E-state index contributed by atoms with van der Waals surface area (Å²) in [4.78, 5) is 15.2. The molecule has 4 heterocycles. The van der Waals surface area contributed by atoms with Gasteiger partial charge in [0.2, 0.25) is 5.95 Å². The van der Waals surface area contributed by atoms with Crippen LogP contribution in [-0.2, 0) is 11.2 Å². The van der Waals surface area contributed by atoms with Crippen LogP contribution in [0.25, 0.3) is 0 Å². The molecule has 0 unspecified atom stereocenters. The molecule has 6 nitrogen and oxygen atoms in total. The zero-order valence-corrected chi connectivity index (χ0v) is 14.3. The van der Waals surface area contributed by atoms with Crippen molar-refractivity contribution in [1.29, 1.82) is 0 Å². The topological polar surface area (TPSA) is 63.2 Å². The highest BCUT2D eigenvalue weighted by Crippen LogP contribution is 2.37. The third kappa shape index (κ3) is 3.28. The van der Waals surface area contributed by atoms with E-state index in [0.717, 1.165) is 43.9 Å². The Morgan fingerprint density at radius 2 is 2.20 bits per heavy atom. The molecule has 25 heavy (non-hydrogen) atoms. The average molecular weight is 343 g/mol. The number of nitrogens with zero attached hydrogens (tertiary/aromatic N) is 4. The molecule has 0 amide bonds. The van der Waals surface area contributed by atoms with Gasteiger partial charge in [0.05, 0.1) is 24.8 Å². The lowest BCUT2D eigenvalue weighted by Gasteiger charge is -2.23. The third-order valence-electron chi connectivity index (χ3n) is 5.01. The Bertz CT molecular complexity index is 741. The van der Waals surface area contributed by atoms with Crippen LogP contribution in [0.4, 0.5) is 16.2 Å². The predicted octanol–water partition coefficient (Wildman–Crippen LogP) is 2.42. The van der Waals surface area contributed by atoms with E-state index in [9.17, 15) is 4.39 Å². The van der Waals surface area contributed by atoms with E-state index in [2.05, 4.69) is 32.1 Å². The molecule has 2 aromatic rings. The maximum absolute atomic E-state index is 13.8. The van der Waals surface area contributed by atoms with Crippen molar-refractivity contribution in [2.45, 2.75) is 37.8 Å². The zero-order valence-electron chi connectivity index (χ0n) is 14.3. The maximum atomic E-state index is 13.8. The van der Waals surface area contributed by atoms with Crippen molar-refractivity contribution in [2.75, 3.05) is 29.9 Å². The Morgan fingerprint density at radius 3 is 2.96 bits per heavy atom. The molecule has 4 rings (SSSR count). The molecule has 1 N–H and O–H groups in total. The van der Waals surface area contributed by atoms with Crippen LogP contribution >= 0.6 is 0 Å². The predicted molar refractivity (Wildman–Crippen MR) is 93.1 cm³/mol. The van der Waals surface area contributed by atoms with Crippen molar-refractivity contribution in [3.63, 3.8) is 0 Å². The van der Waals surface area contributed by atoms with Crippen LogP contribution in [-0.4, -0.2) is 46.3 Å². The molecule has 0 bridgehead atoms. The van der Waals surface area contributed by atoms with Crippen LogP contribution < -0.4 is 10.2 Å². The highest BCUT2D eigenvalue weighted by Gasteiger charge is 2.46. The molecule has 0 saturated carbocycles. The van der Waals surface area contributed by atoms with Gasteiger partial charge in [-0.15, -0.1) is 0 Å². The van der Waals surface area contributed by atoms with Crippen molar-refractivity contribution in [3.8, 4) is 0 Å². The van der Waals surface area contributed by atoms with E-state index >= 15 is 0 Å². The molecular weight excluding hydrogens is 321 g/mol. The first-order valence-corrected chi connectivity index (χ1v) is 8.74. The Kier molecular flexibility index (Phi) is 4.25. The second kappa shape index (κ2) is 6.55. The molecule has 7 heteroatoms. The Labute approximate surface area is 146 Å². The van der Waals surface area contributed by atoms with Crippen molar-refractivity contribution < 1.29 is 9.13 Å².